The largest absolute Gasteiger partial charge is 0.314 e. The minimum absolute atomic E-state index is 0.0230. The third-order valence-electron chi connectivity index (χ3n) is 4.64. The number of thioether (sulfide) groups is 1. The topological polar surface area (TPSA) is 53.5 Å². The summed E-state index contributed by atoms with van der Waals surface area (Å²) in [5, 5.41) is 7.65. The van der Waals surface area contributed by atoms with Gasteiger partial charge >= 0.3 is 0 Å². The lowest BCUT2D eigenvalue weighted by molar-refractivity contribution is -0.122. The molecule has 0 radical (unpaired) electrons. The summed E-state index contributed by atoms with van der Waals surface area (Å²) < 4.78 is 0. The summed E-state index contributed by atoms with van der Waals surface area (Å²) in [6.07, 6.45) is 7.01. The molecule has 0 aromatic heterocycles. The Labute approximate surface area is 168 Å². The normalized spacial score (nSPS) is 19.7. The summed E-state index contributed by atoms with van der Waals surface area (Å²) in [7, 11) is 1.97. The second kappa shape index (κ2) is 11.3. The van der Waals surface area contributed by atoms with E-state index in [1.165, 1.54) is 5.56 Å². The highest BCUT2D eigenvalue weighted by molar-refractivity contribution is 8.14. The van der Waals surface area contributed by atoms with Crippen LogP contribution in [0.25, 0.3) is 0 Å². The van der Waals surface area contributed by atoms with Gasteiger partial charge in [0.15, 0.2) is 5.17 Å². The summed E-state index contributed by atoms with van der Waals surface area (Å²) in [6, 6.07) is 10.5. The van der Waals surface area contributed by atoms with E-state index in [1.807, 2.05) is 25.2 Å². The van der Waals surface area contributed by atoms with E-state index in [0.29, 0.717) is 17.6 Å². The fraction of sp³-hybridized carbons (Fsp3) is 0.545. The van der Waals surface area contributed by atoms with Gasteiger partial charge in [0.25, 0.3) is 0 Å². The van der Waals surface area contributed by atoms with Crippen molar-refractivity contribution in [2.75, 3.05) is 13.6 Å². The third-order valence-corrected chi connectivity index (χ3v) is 5.73. The SMILES string of the molecule is CN[C@H](/C=C/[C@H](Cc1ccccc1)C(=O)NC1=NCCC(C)S1)CC(C)C. The molecule has 0 aliphatic carbocycles. The van der Waals surface area contributed by atoms with Gasteiger partial charge in [0.2, 0.25) is 5.91 Å². The average molecular weight is 388 g/mol. The van der Waals surface area contributed by atoms with Gasteiger partial charge in [-0.05, 0) is 37.8 Å². The van der Waals surface area contributed by atoms with E-state index in [1.54, 1.807) is 11.8 Å². The molecule has 27 heavy (non-hydrogen) atoms. The number of nitrogens with one attached hydrogen (secondary N) is 2. The zero-order chi connectivity index (χ0) is 19.6. The van der Waals surface area contributed by atoms with E-state index in [-0.39, 0.29) is 17.9 Å². The molecule has 0 bridgehead atoms. The molecular formula is C22H33N3OS. The van der Waals surface area contributed by atoms with Gasteiger partial charge in [0.1, 0.15) is 0 Å². The van der Waals surface area contributed by atoms with Crippen LogP contribution >= 0.6 is 11.8 Å². The van der Waals surface area contributed by atoms with Gasteiger partial charge in [0.05, 0.1) is 5.92 Å². The predicted octanol–water partition coefficient (Wildman–Crippen LogP) is 4.03. The Morgan fingerprint density at radius 2 is 2.04 bits per heavy atom. The Balaban J connectivity index is 2.10. The Bertz CT molecular complexity index is 642. The maximum Gasteiger partial charge on any atom is 0.233 e. The zero-order valence-electron chi connectivity index (χ0n) is 16.9. The monoisotopic (exact) mass is 387 g/mol. The van der Waals surface area contributed by atoms with Crippen molar-refractivity contribution in [3.8, 4) is 0 Å². The highest BCUT2D eigenvalue weighted by Crippen LogP contribution is 2.20. The lowest BCUT2D eigenvalue weighted by atomic mass is 9.96. The first-order valence-electron chi connectivity index (χ1n) is 9.89. The molecular weight excluding hydrogens is 354 g/mol. The molecule has 0 saturated carbocycles. The minimum Gasteiger partial charge on any atom is -0.314 e. The fourth-order valence-electron chi connectivity index (χ4n) is 3.09. The summed E-state index contributed by atoms with van der Waals surface area (Å²) in [4.78, 5) is 17.4. The van der Waals surface area contributed by atoms with Gasteiger partial charge in [-0.2, -0.15) is 0 Å². The van der Waals surface area contributed by atoms with Crippen molar-refractivity contribution in [2.24, 2.45) is 16.8 Å². The van der Waals surface area contributed by atoms with E-state index >= 15 is 0 Å². The van der Waals surface area contributed by atoms with Crippen LogP contribution in [0, 0.1) is 11.8 Å². The molecule has 1 aromatic carbocycles. The smallest absolute Gasteiger partial charge is 0.233 e. The second-order valence-corrected chi connectivity index (χ2v) is 9.03. The summed E-state index contributed by atoms with van der Waals surface area (Å²) in [6.45, 7) is 7.40. The maximum absolute atomic E-state index is 13.0. The zero-order valence-corrected chi connectivity index (χ0v) is 17.8. The van der Waals surface area contributed by atoms with E-state index in [2.05, 4.69) is 60.7 Å². The Kier molecular flexibility index (Phi) is 9.08. The quantitative estimate of drug-likeness (QED) is 0.662. The van der Waals surface area contributed by atoms with Gasteiger partial charge in [-0.3, -0.25) is 9.79 Å². The van der Waals surface area contributed by atoms with Crippen LogP contribution < -0.4 is 10.6 Å². The van der Waals surface area contributed by atoms with E-state index < -0.39 is 0 Å². The van der Waals surface area contributed by atoms with Gasteiger partial charge in [-0.25, -0.2) is 0 Å². The van der Waals surface area contributed by atoms with Gasteiger partial charge < -0.3 is 10.6 Å². The van der Waals surface area contributed by atoms with E-state index in [4.69, 9.17) is 0 Å². The van der Waals surface area contributed by atoms with Crippen LogP contribution in [0.5, 0.6) is 0 Å². The average Bonchev–Trinajstić information content (AvgIpc) is 2.64. The molecule has 0 spiro atoms. The number of carbonyl (C=O) groups is 1. The van der Waals surface area contributed by atoms with Crippen LogP contribution in [-0.4, -0.2) is 36.0 Å². The number of nitrogens with zero attached hydrogens (tertiary/aromatic N) is 1. The van der Waals surface area contributed by atoms with Gasteiger partial charge in [-0.1, -0.05) is 75.0 Å². The molecule has 2 rings (SSSR count). The predicted molar refractivity (Wildman–Crippen MR) is 117 cm³/mol. The second-order valence-electron chi connectivity index (χ2n) is 7.60. The van der Waals surface area contributed by atoms with Gasteiger partial charge in [-0.15, -0.1) is 0 Å². The van der Waals surface area contributed by atoms with Crippen LogP contribution in [-0.2, 0) is 11.2 Å². The standard InChI is InChI=1S/C22H33N3OS/c1-16(2)14-20(23-4)11-10-19(15-18-8-6-5-7-9-18)21(26)25-22-24-13-12-17(3)27-22/h5-11,16-17,19-20,23H,12-15H2,1-4H3,(H,24,25,26)/b11-10+/t17?,19-,20-/m1/s1. The minimum atomic E-state index is -0.212. The van der Waals surface area contributed by atoms with Gasteiger partial charge in [0, 0.05) is 17.8 Å². The number of carbonyl (C=O) groups excluding carboxylic acids is 1. The molecule has 1 aliphatic rings. The summed E-state index contributed by atoms with van der Waals surface area (Å²) in [5.74, 6) is 0.411. The highest BCUT2D eigenvalue weighted by atomic mass is 32.2. The molecule has 0 fully saturated rings. The molecule has 5 heteroatoms. The van der Waals surface area contributed by atoms with E-state index in [0.717, 1.165) is 24.6 Å². The lowest BCUT2D eigenvalue weighted by Gasteiger charge is -2.20. The summed E-state index contributed by atoms with van der Waals surface area (Å²) >= 11 is 1.66. The Morgan fingerprint density at radius 1 is 1.30 bits per heavy atom. The molecule has 0 saturated heterocycles. The number of hydrogen-bond acceptors (Lipinski definition) is 4. The number of amidine groups is 1. The number of benzene rings is 1. The first-order valence-corrected chi connectivity index (χ1v) is 10.8. The molecule has 148 valence electrons. The number of aliphatic imine (C=N–C) groups is 1. The molecule has 1 aromatic rings. The maximum atomic E-state index is 13.0. The van der Waals surface area contributed by atoms with Crippen molar-refractivity contribution in [3.05, 3.63) is 48.0 Å². The van der Waals surface area contributed by atoms with Crippen LogP contribution in [0.3, 0.4) is 0 Å². The Morgan fingerprint density at radius 3 is 2.67 bits per heavy atom. The molecule has 1 heterocycles. The van der Waals surface area contributed by atoms with Crippen LogP contribution in [0.15, 0.2) is 47.5 Å². The number of rotatable bonds is 8. The fourth-order valence-corrected chi connectivity index (χ4v) is 4.02. The molecule has 4 nitrogen and oxygen atoms in total. The van der Waals surface area contributed by atoms with Crippen molar-refractivity contribution in [1.82, 2.24) is 10.6 Å². The lowest BCUT2D eigenvalue weighted by Crippen LogP contribution is -2.37. The molecule has 2 N–H and O–H groups in total. The summed E-state index contributed by atoms with van der Waals surface area (Å²) in [5.41, 5.74) is 1.17. The third kappa shape index (κ3) is 7.89. The van der Waals surface area contributed by atoms with Crippen molar-refractivity contribution in [2.45, 2.75) is 51.3 Å². The van der Waals surface area contributed by atoms with E-state index in [9.17, 15) is 4.79 Å². The van der Waals surface area contributed by atoms with Crippen LogP contribution in [0.1, 0.15) is 39.2 Å². The molecule has 1 aliphatic heterocycles. The van der Waals surface area contributed by atoms with Crippen LogP contribution in [0.4, 0.5) is 0 Å². The van der Waals surface area contributed by atoms with Crippen LogP contribution in [0.2, 0.25) is 0 Å². The first kappa shape index (κ1) is 21.7. The molecule has 3 atom stereocenters. The van der Waals surface area contributed by atoms with Crippen molar-refractivity contribution < 1.29 is 4.79 Å². The number of amides is 1. The number of likely N-dealkylation sites (N-methyl/N-ethyl adjacent to an activating group) is 1. The Hall–Kier alpha value is -1.59. The van der Waals surface area contributed by atoms with Crippen molar-refractivity contribution in [1.29, 1.82) is 0 Å². The highest BCUT2D eigenvalue weighted by Gasteiger charge is 2.21. The first-order chi connectivity index (χ1) is 13.0. The molecule has 1 amide bonds. The van der Waals surface area contributed by atoms with Crippen molar-refractivity contribution >= 4 is 22.8 Å². The van der Waals surface area contributed by atoms with Crippen molar-refractivity contribution in [3.63, 3.8) is 0 Å². The molecule has 1 unspecified atom stereocenters. The number of hydrogen-bond donors (Lipinski definition) is 2.